The van der Waals surface area contributed by atoms with Crippen LogP contribution in [0.25, 0.3) is 0 Å². The molecule has 0 amide bonds. The van der Waals surface area contributed by atoms with E-state index in [1.165, 1.54) is 50.8 Å². The van der Waals surface area contributed by atoms with Crippen LogP contribution in [0.5, 0.6) is 0 Å². The molecule has 1 aliphatic heterocycles. The molecule has 0 atom stereocenters. The first kappa shape index (κ1) is 11.3. The zero-order valence-corrected chi connectivity index (χ0v) is 10.8. The number of aryl methyl sites for hydroxylation is 1. The van der Waals surface area contributed by atoms with E-state index in [2.05, 4.69) is 36.5 Å². The lowest BCUT2D eigenvalue weighted by molar-refractivity contribution is 0.0810. The highest BCUT2D eigenvalue weighted by Gasteiger charge is 2.44. The third kappa shape index (κ3) is 2.01. The molecule has 1 N–H and O–H groups in total. The molecule has 3 rings (SSSR count). The first-order valence-electron chi connectivity index (χ1n) is 7.05. The smallest absolute Gasteiger partial charge is 0.00261 e. The molecule has 17 heavy (non-hydrogen) atoms. The normalized spacial score (nSPS) is 23.6. The SMILES string of the molecule is Cc1ccccc1CC1(C2CCCC2)CNC1. The molecule has 0 spiro atoms. The molecule has 1 saturated carbocycles. The molecule has 1 nitrogen and oxygen atoms in total. The largest absolute Gasteiger partial charge is 0.315 e. The van der Waals surface area contributed by atoms with E-state index in [0.29, 0.717) is 5.41 Å². The molecule has 0 aromatic heterocycles. The van der Waals surface area contributed by atoms with Crippen molar-refractivity contribution in [3.05, 3.63) is 35.4 Å². The maximum absolute atomic E-state index is 3.52. The van der Waals surface area contributed by atoms with Crippen molar-refractivity contribution in [3.8, 4) is 0 Å². The molecule has 1 aromatic rings. The second-order valence-corrected chi connectivity index (χ2v) is 6.05. The van der Waals surface area contributed by atoms with Crippen LogP contribution in [0, 0.1) is 18.3 Å². The first-order valence-corrected chi connectivity index (χ1v) is 7.05. The average Bonchev–Trinajstić information content (AvgIpc) is 2.79. The van der Waals surface area contributed by atoms with Gasteiger partial charge in [0, 0.05) is 18.5 Å². The van der Waals surface area contributed by atoms with E-state index in [4.69, 9.17) is 0 Å². The van der Waals surface area contributed by atoms with Crippen LogP contribution in [0.15, 0.2) is 24.3 Å². The third-order valence-electron chi connectivity index (χ3n) is 4.98. The van der Waals surface area contributed by atoms with Crippen molar-refractivity contribution in [2.24, 2.45) is 11.3 Å². The van der Waals surface area contributed by atoms with E-state index < -0.39 is 0 Å². The van der Waals surface area contributed by atoms with Gasteiger partial charge in [0.2, 0.25) is 0 Å². The number of nitrogens with one attached hydrogen (secondary N) is 1. The van der Waals surface area contributed by atoms with Crippen molar-refractivity contribution in [1.29, 1.82) is 0 Å². The van der Waals surface area contributed by atoms with Crippen LogP contribution in [0.3, 0.4) is 0 Å². The summed E-state index contributed by atoms with van der Waals surface area (Å²) in [5.74, 6) is 0.975. The van der Waals surface area contributed by atoms with Crippen LogP contribution in [-0.2, 0) is 6.42 Å². The lowest BCUT2D eigenvalue weighted by atomic mass is 9.66. The van der Waals surface area contributed by atoms with Gasteiger partial charge < -0.3 is 5.32 Å². The Bertz CT molecular complexity index is 386. The van der Waals surface area contributed by atoms with Crippen molar-refractivity contribution in [2.75, 3.05) is 13.1 Å². The summed E-state index contributed by atoms with van der Waals surface area (Å²) >= 11 is 0. The fourth-order valence-electron chi connectivity index (χ4n) is 3.73. The molecule has 0 radical (unpaired) electrons. The number of benzene rings is 1. The quantitative estimate of drug-likeness (QED) is 0.838. The van der Waals surface area contributed by atoms with E-state index in [0.717, 1.165) is 5.92 Å². The van der Waals surface area contributed by atoms with E-state index in [-0.39, 0.29) is 0 Å². The number of hydrogen-bond acceptors (Lipinski definition) is 1. The molecule has 92 valence electrons. The minimum atomic E-state index is 0.586. The van der Waals surface area contributed by atoms with Gasteiger partial charge in [0.25, 0.3) is 0 Å². The van der Waals surface area contributed by atoms with Gasteiger partial charge >= 0.3 is 0 Å². The van der Waals surface area contributed by atoms with E-state index >= 15 is 0 Å². The topological polar surface area (TPSA) is 12.0 Å². The van der Waals surface area contributed by atoms with Crippen molar-refractivity contribution >= 4 is 0 Å². The zero-order chi connectivity index (χ0) is 11.7. The van der Waals surface area contributed by atoms with Crippen molar-refractivity contribution in [3.63, 3.8) is 0 Å². The Labute approximate surface area is 105 Å². The summed E-state index contributed by atoms with van der Waals surface area (Å²) in [5.41, 5.74) is 3.63. The molecule has 1 saturated heterocycles. The Morgan fingerprint density at radius 3 is 2.47 bits per heavy atom. The molecule has 2 fully saturated rings. The molecular formula is C16H23N. The van der Waals surface area contributed by atoms with Gasteiger partial charge in [0.15, 0.2) is 0 Å². The van der Waals surface area contributed by atoms with Gasteiger partial charge in [-0.15, -0.1) is 0 Å². The van der Waals surface area contributed by atoms with Crippen LogP contribution in [0.1, 0.15) is 36.8 Å². The number of rotatable bonds is 3. The highest BCUT2D eigenvalue weighted by atomic mass is 15.0. The van der Waals surface area contributed by atoms with Crippen LogP contribution in [0.4, 0.5) is 0 Å². The molecule has 2 aliphatic rings. The molecule has 1 heterocycles. The Morgan fingerprint density at radius 1 is 1.18 bits per heavy atom. The van der Waals surface area contributed by atoms with E-state index in [9.17, 15) is 0 Å². The summed E-state index contributed by atoms with van der Waals surface area (Å²) in [6, 6.07) is 8.92. The van der Waals surface area contributed by atoms with E-state index in [1.807, 2.05) is 0 Å². The second kappa shape index (κ2) is 4.45. The Hall–Kier alpha value is -0.820. The van der Waals surface area contributed by atoms with E-state index in [1.54, 1.807) is 5.56 Å². The second-order valence-electron chi connectivity index (χ2n) is 6.05. The van der Waals surface area contributed by atoms with Gasteiger partial charge in [-0.1, -0.05) is 37.1 Å². The summed E-state index contributed by atoms with van der Waals surface area (Å²) in [5, 5.41) is 3.52. The maximum atomic E-state index is 3.52. The summed E-state index contributed by atoms with van der Waals surface area (Å²) in [6.45, 7) is 4.74. The number of hydrogen-bond donors (Lipinski definition) is 1. The van der Waals surface area contributed by atoms with Crippen LogP contribution in [-0.4, -0.2) is 13.1 Å². The fraction of sp³-hybridized carbons (Fsp3) is 0.625. The summed E-state index contributed by atoms with van der Waals surface area (Å²) in [6.07, 6.45) is 7.14. The van der Waals surface area contributed by atoms with Gasteiger partial charge in [-0.25, -0.2) is 0 Å². The summed E-state index contributed by atoms with van der Waals surface area (Å²) < 4.78 is 0. The molecule has 1 heteroatoms. The van der Waals surface area contributed by atoms with Gasteiger partial charge in [-0.05, 0) is 43.2 Å². The lowest BCUT2D eigenvalue weighted by Gasteiger charge is -2.48. The molecule has 1 aromatic carbocycles. The van der Waals surface area contributed by atoms with Gasteiger partial charge in [-0.3, -0.25) is 0 Å². The van der Waals surface area contributed by atoms with Crippen LogP contribution >= 0.6 is 0 Å². The molecular weight excluding hydrogens is 206 g/mol. The highest BCUT2D eigenvalue weighted by molar-refractivity contribution is 5.28. The predicted molar refractivity (Wildman–Crippen MR) is 72.1 cm³/mol. The fourth-order valence-corrected chi connectivity index (χ4v) is 3.73. The first-order chi connectivity index (χ1) is 8.30. The van der Waals surface area contributed by atoms with Crippen molar-refractivity contribution in [1.82, 2.24) is 5.32 Å². The minimum Gasteiger partial charge on any atom is -0.315 e. The van der Waals surface area contributed by atoms with Crippen LogP contribution in [0.2, 0.25) is 0 Å². The standard InChI is InChI=1S/C16H23N/c1-13-6-2-3-7-14(13)10-16(11-17-12-16)15-8-4-5-9-15/h2-3,6-7,15,17H,4-5,8-12H2,1H3. The highest BCUT2D eigenvalue weighted by Crippen LogP contribution is 2.45. The zero-order valence-electron chi connectivity index (χ0n) is 10.8. The predicted octanol–water partition coefficient (Wildman–Crippen LogP) is 3.32. The summed E-state index contributed by atoms with van der Waals surface area (Å²) in [7, 11) is 0. The third-order valence-corrected chi connectivity index (χ3v) is 4.98. The Balaban J connectivity index is 1.80. The molecule has 0 unspecified atom stereocenters. The van der Waals surface area contributed by atoms with Crippen molar-refractivity contribution < 1.29 is 0 Å². The summed E-state index contributed by atoms with van der Waals surface area (Å²) in [4.78, 5) is 0. The molecule has 0 bridgehead atoms. The van der Waals surface area contributed by atoms with Gasteiger partial charge in [0.1, 0.15) is 0 Å². The minimum absolute atomic E-state index is 0.586. The van der Waals surface area contributed by atoms with Gasteiger partial charge in [-0.2, -0.15) is 0 Å². The average molecular weight is 229 g/mol. The molecule has 1 aliphatic carbocycles. The maximum Gasteiger partial charge on any atom is 0.00261 e. The van der Waals surface area contributed by atoms with Crippen LogP contribution < -0.4 is 5.32 Å². The Morgan fingerprint density at radius 2 is 1.88 bits per heavy atom. The van der Waals surface area contributed by atoms with Gasteiger partial charge in [0.05, 0.1) is 0 Å². The van der Waals surface area contributed by atoms with Crippen molar-refractivity contribution in [2.45, 2.75) is 39.0 Å². The Kier molecular flexibility index (Phi) is 2.96. The lowest BCUT2D eigenvalue weighted by Crippen LogP contribution is -2.58. The monoisotopic (exact) mass is 229 g/mol.